The maximum absolute atomic E-state index is 12.3. The van der Waals surface area contributed by atoms with Crippen molar-refractivity contribution in [1.82, 2.24) is 10.2 Å². The largest absolute Gasteiger partial charge is 0.355 e. The molecule has 2 aromatic carbocycles. The first-order chi connectivity index (χ1) is 10.6. The van der Waals surface area contributed by atoms with E-state index in [-0.39, 0.29) is 24.3 Å². The third kappa shape index (κ3) is 2.26. The van der Waals surface area contributed by atoms with Crippen LogP contribution in [-0.4, -0.2) is 29.7 Å². The highest BCUT2D eigenvalue weighted by Gasteiger charge is 2.34. The highest BCUT2D eigenvalue weighted by atomic mass is 16.2. The van der Waals surface area contributed by atoms with Crippen LogP contribution in [0.4, 0.5) is 0 Å². The Morgan fingerprint density at radius 2 is 1.64 bits per heavy atom. The lowest BCUT2D eigenvalue weighted by molar-refractivity contribution is 0.0642. The van der Waals surface area contributed by atoms with Crippen LogP contribution in [0.5, 0.6) is 0 Å². The molecule has 1 aliphatic rings. The van der Waals surface area contributed by atoms with Crippen LogP contribution >= 0.6 is 0 Å². The summed E-state index contributed by atoms with van der Waals surface area (Å²) in [5, 5.41) is 2.55. The average molecular weight is 294 g/mol. The Morgan fingerprint density at radius 1 is 1.00 bits per heavy atom. The van der Waals surface area contributed by atoms with Crippen LogP contribution < -0.4 is 5.32 Å². The Bertz CT molecular complexity index is 748. The van der Waals surface area contributed by atoms with E-state index in [1.165, 1.54) is 4.90 Å². The van der Waals surface area contributed by atoms with E-state index in [9.17, 15) is 14.4 Å². The number of rotatable bonds is 3. The normalized spacial score (nSPS) is 13.2. The van der Waals surface area contributed by atoms with Crippen molar-refractivity contribution in [1.29, 1.82) is 0 Å². The molecule has 0 aliphatic carbocycles. The number of hydrogen-bond acceptors (Lipinski definition) is 3. The minimum atomic E-state index is -0.300. The standard InChI is InChI=1S/C17H14N2O3/c1-18-15(20)12-6-4-5-11(9-12)10-19-16(21)13-7-2-3-8-14(13)17(19)22/h2-9H,10H2,1H3,(H,18,20). The van der Waals surface area contributed by atoms with Gasteiger partial charge >= 0.3 is 0 Å². The Kier molecular flexibility index (Phi) is 3.47. The van der Waals surface area contributed by atoms with Gasteiger partial charge in [-0.3, -0.25) is 19.3 Å². The molecule has 0 atom stereocenters. The summed E-state index contributed by atoms with van der Waals surface area (Å²) < 4.78 is 0. The number of nitrogens with zero attached hydrogens (tertiary/aromatic N) is 1. The zero-order valence-electron chi connectivity index (χ0n) is 12.0. The molecule has 0 radical (unpaired) electrons. The molecule has 0 unspecified atom stereocenters. The van der Waals surface area contributed by atoms with Crippen molar-refractivity contribution in [3.63, 3.8) is 0 Å². The van der Waals surface area contributed by atoms with Crippen LogP contribution in [0, 0.1) is 0 Å². The zero-order chi connectivity index (χ0) is 15.7. The van der Waals surface area contributed by atoms with Crippen molar-refractivity contribution in [3.8, 4) is 0 Å². The Hall–Kier alpha value is -2.95. The summed E-state index contributed by atoms with van der Waals surface area (Å²) in [6.45, 7) is 0.150. The summed E-state index contributed by atoms with van der Waals surface area (Å²) in [5.74, 6) is -0.805. The van der Waals surface area contributed by atoms with Gasteiger partial charge in [0, 0.05) is 12.6 Å². The number of imide groups is 1. The summed E-state index contributed by atoms with van der Waals surface area (Å²) in [6, 6.07) is 13.7. The van der Waals surface area contributed by atoms with Crippen LogP contribution in [-0.2, 0) is 6.54 Å². The van der Waals surface area contributed by atoms with Gasteiger partial charge in [-0.15, -0.1) is 0 Å². The van der Waals surface area contributed by atoms with Crippen molar-refractivity contribution >= 4 is 17.7 Å². The first-order valence-corrected chi connectivity index (χ1v) is 6.88. The Morgan fingerprint density at radius 3 is 2.23 bits per heavy atom. The van der Waals surface area contributed by atoms with Crippen LogP contribution in [0.15, 0.2) is 48.5 Å². The fourth-order valence-corrected chi connectivity index (χ4v) is 2.52. The van der Waals surface area contributed by atoms with Crippen molar-refractivity contribution in [2.45, 2.75) is 6.54 Å². The molecule has 0 aromatic heterocycles. The Balaban J connectivity index is 1.88. The van der Waals surface area contributed by atoms with Gasteiger partial charge < -0.3 is 5.32 Å². The van der Waals surface area contributed by atoms with E-state index >= 15 is 0 Å². The molecule has 0 fully saturated rings. The number of hydrogen-bond donors (Lipinski definition) is 1. The molecule has 0 bridgehead atoms. The van der Waals surface area contributed by atoms with Gasteiger partial charge in [-0.2, -0.15) is 0 Å². The number of carbonyl (C=O) groups excluding carboxylic acids is 3. The molecule has 22 heavy (non-hydrogen) atoms. The molecule has 0 saturated heterocycles. The highest BCUT2D eigenvalue weighted by Crippen LogP contribution is 2.24. The van der Waals surface area contributed by atoms with Gasteiger partial charge in [0.15, 0.2) is 0 Å². The second-order valence-electron chi connectivity index (χ2n) is 5.02. The van der Waals surface area contributed by atoms with E-state index in [2.05, 4.69) is 5.32 Å². The molecule has 1 heterocycles. The lowest BCUT2D eigenvalue weighted by Gasteiger charge is -2.14. The zero-order valence-corrected chi connectivity index (χ0v) is 12.0. The van der Waals surface area contributed by atoms with E-state index in [1.54, 1.807) is 55.6 Å². The van der Waals surface area contributed by atoms with Crippen molar-refractivity contribution < 1.29 is 14.4 Å². The highest BCUT2D eigenvalue weighted by molar-refractivity contribution is 6.21. The van der Waals surface area contributed by atoms with Gasteiger partial charge in [0.05, 0.1) is 17.7 Å². The quantitative estimate of drug-likeness (QED) is 0.878. The summed E-state index contributed by atoms with van der Waals surface area (Å²) in [4.78, 5) is 37.5. The Labute approximate surface area is 127 Å². The summed E-state index contributed by atoms with van der Waals surface area (Å²) >= 11 is 0. The molecule has 5 nitrogen and oxygen atoms in total. The second-order valence-corrected chi connectivity index (χ2v) is 5.02. The third-order valence-electron chi connectivity index (χ3n) is 3.64. The van der Waals surface area contributed by atoms with E-state index in [0.717, 1.165) is 5.56 Å². The third-order valence-corrected chi connectivity index (χ3v) is 3.64. The van der Waals surface area contributed by atoms with Crippen molar-refractivity contribution in [3.05, 3.63) is 70.8 Å². The topological polar surface area (TPSA) is 66.5 Å². The van der Waals surface area contributed by atoms with E-state index in [0.29, 0.717) is 16.7 Å². The number of carbonyl (C=O) groups is 3. The van der Waals surface area contributed by atoms with Crippen molar-refractivity contribution in [2.75, 3.05) is 7.05 Å². The van der Waals surface area contributed by atoms with Crippen LogP contribution in [0.1, 0.15) is 36.6 Å². The lowest BCUT2D eigenvalue weighted by Crippen LogP contribution is -2.29. The second kappa shape index (κ2) is 5.44. The molecule has 2 aromatic rings. The lowest BCUT2D eigenvalue weighted by atomic mass is 10.1. The molecule has 5 heteroatoms. The number of fused-ring (bicyclic) bond motifs is 1. The number of nitrogens with one attached hydrogen (secondary N) is 1. The average Bonchev–Trinajstić information content (AvgIpc) is 2.80. The van der Waals surface area contributed by atoms with Crippen LogP contribution in [0.3, 0.4) is 0 Å². The fraction of sp³-hybridized carbons (Fsp3) is 0.118. The number of benzene rings is 2. The molecule has 3 rings (SSSR count). The summed E-state index contributed by atoms with van der Waals surface area (Å²) in [6.07, 6.45) is 0. The maximum atomic E-state index is 12.3. The van der Waals surface area contributed by atoms with Gasteiger partial charge in [0.2, 0.25) is 0 Å². The first kappa shape index (κ1) is 14.0. The minimum absolute atomic E-state index is 0.150. The fourth-order valence-electron chi connectivity index (χ4n) is 2.52. The van der Waals surface area contributed by atoms with Gasteiger partial charge in [-0.05, 0) is 29.8 Å². The smallest absolute Gasteiger partial charge is 0.261 e. The summed E-state index contributed by atoms with van der Waals surface area (Å²) in [7, 11) is 1.55. The monoisotopic (exact) mass is 294 g/mol. The van der Waals surface area contributed by atoms with E-state index in [4.69, 9.17) is 0 Å². The van der Waals surface area contributed by atoms with E-state index in [1.807, 2.05) is 0 Å². The van der Waals surface area contributed by atoms with Crippen LogP contribution in [0.25, 0.3) is 0 Å². The molecule has 110 valence electrons. The SMILES string of the molecule is CNC(=O)c1cccc(CN2C(=O)c3ccccc3C2=O)c1. The van der Waals surface area contributed by atoms with Gasteiger partial charge in [0.25, 0.3) is 17.7 Å². The van der Waals surface area contributed by atoms with E-state index < -0.39 is 0 Å². The molecule has 3 amide bonds. The molecule has 0 saturated carbocycles. The molecular formula is C17H14N2O3. The van der Waals surface area contributed by atoms with Crippen LogP contribution in [0.2, 0.25) is 0 Å². The molecule has 1 aliphatic heterocycles. The predicted molar refractivity (Wildman–Crippen MR) is 80.5 cm³/mol. The van der Waals surface area contributed by atoms with Crippen molar-refractivity contribution in [2.24, 2.45) is 0 Å². The van der Waals surface area contributed by atoms with Gasteiger partial charge in [-0.25, -0.2) is 0 Å². The summed E-state index contributed by atoms with van der Waals surface area (Å²) in [5.41, 5.74) is 2.08. The number of amides is 3. The molecular weight excluding hydrogens is 280 g/mol. The molecule has 0 spiro atoms. The van der Waals surface area contributed by atoms with Gasteiger partial charge in [-0.1, -0.05) is 24.3 Å². The van der Waals surface area contributed by atoms with Gasteiger partial charge in [0.1, 0.15) is 0 Å². The minimum Gasteiger partial charge on any atom is -0.355 e. The first-order valence-electron chi connectivity index (χ1n) is 6.88. The maximum Gasteiger partial charge on any atom is 0.261 e. The molecule has 1 N–H and O–H groups in total. The predicted octanol–water partition coefficient (Wildman–Crippen LogP) is 1.84.